The van der Waals surface area contributed by atoms with Crippen molar-refractivity contribution in [3.05, 3.63) is 17.5 Å². The summed E-state index contributed by atoms with van der Waals surface area (Å²) < 4.78 is 31.9. The number of hydrogen-bond acceptors (Lipinski definition) is 7. The van der Waals surface area contributed by atoms with E-state index in [2.05, 4.69) is 20.3 Å². The van der Waals surface area contributed by atoms with E-state index in [1.54, 1.807) is 6.07 Å². The van der Waals surface area contributed by atoms with Crippen LogP contribution < -0.4 is 5.32 Å². The van der Waals surface area contributed by atoms with Crippen molar-refractivity contribution in [2.75, 3.05) is 32.4 Å². The number of fused-ring (bicyclic) bond motifs is 3. The van der Waals surface area contributed by atoms with E-state index in [4.69, 9.17) is 4.52 Å². The number of carbonyl (C=O) groups excluding carboxylic acids is 1. The molecule has 0 aromatic carbocycles. The maximum absolute atomic E-state index is 13.3. The van der Waals surface area contributed by atoms with Gasteiger partial charge in [-0.25, -0.2) is 8.42 Å². The molecule has 3 aliphatic heterocycles. The van der Waals surface area contributed by atoms with Gasteiger partial charge in [0.2, 0.25) is 0 Å². The standard InChI is InChI=1S/C21H32N4O4S/c1-24-17-12-16(22-20(26)18-13-19(29-23-18)15-4-5-15)6-7-21(24,14-17)30(27,28)11-10-25-8-2-3-9-25/h13,15-17H,2-12,14H2,1H3,(H,22,26). The highest BCUT2D eigenvalue weighted by Crippen LogP contribution is 2.48. The van der Waals surface area contributed by atoms with Gasteiger partial charge in [0.1, 0.15) is 10.6 Å². The SMILES string of the molecule is CN1C2CC(NC(=O)c3cc(C4CC4)on3)CCC1(S(=O)(=O)CCN1CCCC1)C2. The molecule has 3 unspecified atom stereocenters. The Hall–Kier alpha value is -1.45. The number of carbonyl (C=O) groups is 1. The van der Waals surface area contributed by atoms with Crippen molar-refractivity contribution in [2.45, 2.75) is 74.2 Å². The summed E-state index contributed by atoms with van der Waals surface area (Å²) >= 11 is 0. The lowest BCUT2D eigenvalue weighted by Crippen LogP contribution is -2.67. The second-order valence-corrected chi connectivity index (χ2v) is 12.0. The Morgan fingerprint density at radius 3 is 2.77 bits per heavy atom. The second-order valence-electron chi connectivity index (χ2n) is 9.62. The average Bonchev–Trinajstić information content (AvgIpc) is 3.31. The van der Waals surface area contributed by atoms with Gasteiger partial charge >= 0.3 is 0 Å². The van der Waals surface area contributed by atoms with Gasteiger partial charge in [-0.3, -0.25) is 9.69 Å². The number of nitrogens with one attached hydrogen (secondary N) is 1. The molecule has 2 bridgehead atoms. The van der Waals surface area contributed by atoms with Crippen LogP contribution in [0.5, 0.6) is 0 Å². The quantitative estimate of drug-likeness (QED) is 0.696. The lowest BCUT2D eigenvalue weighted by atomic mass is 9.91. The highest BCUT2D eigenvalue weighted by Gasteiger charge is 2.59. The van der Waals surface area contributed by atoms with E-state index >= 15 is 0 Å². The maximum atomic E-state index is 13.3. The lowest BCUT2D eigenvalue weighted by molar-refractivity contribution is 0.0128. The Morgan fingerprint density at radius 2 is 2.07 bits per heavy atom. The Balaban J connectivity index is 1.21. The van der Waals surface area contributed by atoms with Crippen molar-refractivity contribution >= 4 is 15.7 Å². The Kier molecular flexibility index (Phi) is 5.18. The van der Waals surface area contributed by atoms with Crippen LogP contribution in [0.25, 0.3) is 0 Å². The lowest BCUT2D eigenvalue weighted by Gasteiger charge is -2.54. The fourth-order valence-corrected chi connectivity index (χ4v) is 7.87. The van der Waals surface area contributed by atoms with Crippen molar-refractivity contribution in [3.8, 4) is 0 Å². The molecule has 4 heterocycles. The highest BCUT2D eigenvalue weighted by atomic mass is 32.2. The molecule has 5 fully saturated rings. The van der Waals surface area contributed by atoms with E-state index < -0.39 is 14.7 Å². The first-order chi connectivity index (χ1) is 14.4. The van der Waals surface area contributed by atoms with E-state index in [1.807, 2.05) is 7.05 Å². The maximum Gasteiger partial charge on any atom is 0.273 e. The van der Waals surface area contributed by atoms with Gasteiger partial charge in [0, 0.05) is 30.6 Å². The second kappa shape index (κ2) is 7.60. The van der Waals surface area contributed by atoms with Crippen LogP contribution in [0.2, 0.25) is 0 Å². The molecule has 2 aliphatic carbocycles. The van der Waals surface area contributed by atoms with Gasteiger partial charge in [-0.15, -0.1) is 0 Å². The molecule has 6 rings (SSSR count). The first kappa shape index (κ1) is 20.5. The molecule has 30 heavy (non-hydrogen) atoms. The van der Waals surface area contributed by atoms with Crippen molar-refractivity contribution in [1.29, 1.82) is 0 Å². The Morgan fingerprint density at radius 1 is 1.30 bits per heavy atom. The summed E-state index contributed by atoms with van der Waals surface area (Å²) in [4.78, 5) is 16.2. The third-order valence-electron chi connectivity index (χ3n) is 7.71. The van der Waals surface area contributed by atoms with Crippen LogP contribution in [-0.4, -0.2) is 78.7 Å². The minimum Gasteiger partial charge on any atom is -0.360 e. The van der Waals surface area contributed by atoms with Gasteiger partial charge in [-0.2, -0.15) is 0 Å². The number of likely N-dealkylation sites (tertiary alicyclic amines) is 1. The third-order valence-corrected chi connectivity index (χ3v) is 10.3. The van der Waals surface area contributed by atoms with Gasteiger partial charge in [0.15, 0.2) is 15.5 Å². The van der Waals surface area contributed by atoms with Gasteiger partial charge in [-0.05, 0) is 71.5 Å². The van der Waals surface area contributed by atoms with Gasteiger partial charge in [0.05, 0.1) is 5.75 Å². The van der Waals surface area contributed by atoms with Crippen LogP contribution in [0, 0.1) is 0 Å². The van der Waals surface area contributed by atoms with E-state index in [0.29, 0.717) is 37.4 Å². The molecule has 8 nitrogen and oxygen atoms in total. The number of amides is 1. The molecular weight excluding hydrogens is 404 g/mol. The average molecular weight is 437 g/mol. The van der Waals surface area contributed by atoms with Crippen LogP contribution >= 0.6 is 0 Å². The summed E-state index contributed by atoms with van der Waals surface area (Å²) in [6, 6.07) is 1.91. The predicted octanol–water partition coefficient (Wildman–Crippen LogP) is 1.75. The topological polar surface area (TPSA) is 95.7 Å². The first-order valence-corrected chi connectivity index (χ1v) is 13.0. The fourth-order valence-electron chi connectivity index (χ4n) is 5.53. The minimum atomic E-state index is -3.24. The molecule has 1 N–H and O–H groups in total. The molecular formula is C21H32N4O4S. The molecule has 3 atom stereocenters. The number of aromatic nitrogens is 1. The molecule has 0 radical (unpaired) electrons. The smallest absolute Gasteiger partial charge is 0.273 e. The molecule has 3 saturated heterocycles. The number of sulfone groups is 1. The fraction of sp³-hybridized carbons (Fsp3) is 0.810. The van der Waals surface area contributed by atoms with E-state index in [1.165, 1.54) is 12.8 Å². The van der Waals surface area contributed by atoms with Crippen molar-refractivity contribution in [3.63, 3.8) is 0 Å². The van der Waals surface area contributed by atoms with Crippen LogP contribution in [0.4, 0.5) is 0 Å². The highest BCUT2D eigenvalue weighted by molar-refractivity contribution is 7.92. The van der Waals surface area contributed by atoms with Crippen molar-refractivity contribution in [2.24, 2.45) is 0 Å². The van der Waals surface area contributed by atoms with Crippen LogP contribution in [0.15, 0.2) is 10.6 Å². The summed E-state index contributed by atoms with van der Waals surface area (Å²) in [6.45, 7) is 2.66. The van der Waals surface area contributed by atoms with Crippen LogP contribution in [-0.2, 0) is 9.84 Å². The van der Waals surface area contributed by atoms with Gasteiger partial charge in [-0.1, -0.05) is 5.16 Å². The normalized spacial score (nSPS) is 32.6. The number of nitrogens with zero attached hydrogens (tertiary/aromatic N) is 3. The van der Waals surface area contributed by atoms with E-state index in [0.717, 1.165) is 38.1 Å². The zero-order chi connectivity index (χ0) is 20.9. The van der Waals surface area contributed by atoms with Crippen LogP contribution in [0.3, 0.4) is 0 Å². The molecule has 0 spiro atoms. The Labute approximate surface area is 178 Å². The summed E-state index contributed by atoms with van der Waals surface area (Å²) in [5.74, 6) is 1.22. The number of hydrogen-bond donors (Lipinski definition) is 1. The summed E-state index contributed by atoms with van der Waals surface area (Å²) in [5, 5.41) is 7.01. The molecule has 1 aromatic heterocycles. The third kappa shape index (κ3) is 3.58. The zero-order valence-electron chi connectivity index (χ0n) is 17.7. The van der Waals surface area contributed by atoms with E-state index in [-0.39, 0.29) is 23.7 Å². The summed E-state index contributed by atoms with van der Waals surface area (Å²) in [7, 11) is -1.30. The van der Waals surface area contributed by atoms with E-state index in [9.17, 15) is 13.2 Å². The zero-order valence-corrected chi connectivity index (χ0v) is 18.5. The van der Waals surface area contributed by atoms with Crippen LogP contribution in [0.1, 0.15) is 73.5 Å². The Bertz CT molecular complexity index is 906. The van der Waals surface area contributed by atoms with Gasteiger partial charge in [0.25, 0.3) is 5.91 Å². The molecule has 2 saturated carbocycles. The first-order valence-electron chi connectivity index (χ1n) is 11.3. The molecule has 5 aliphatic rings. The van der Waals surface area contributed by atoms with Crippen molar-refractivity contribution < 1.29 is 17.7 Å². The predicted molar refractivity (Wildman–Crippen MR) is 112 cm³/mol. The molecule has 166 valence electrons. The van der Waals surface area contributed by atoms with Gasteiger partial charge < -0.3 is 14.7 Å². The molecule has 1 aromatic rings. The number of rotatable bonds is 7. The minimum absolute atomic E-state index is 0.0378. The van der Waals surface area contributed by atoms with Crippen molar-refractivity contribution in [1.82, 2.24) is 20.3 Å². The summed E-state index contributed by atoms with van der Waals surface area (Å²) in [5.41, 5.74) is 0.329. The molecule has 9 heteroatoms. The molecule has 1 amide bonds. The monoisotopic (exact) mass is 436 g/mol. The largest absolute Gasteiger partial charge is 0.360 e. The summed E-state index contributed by atoms with van der Waals surface area (Å²) in [6.07, 6.45) is 7.22.